The van der Waals surface area contributed by atoms with E-state index in [-0.39, 0.29) is 24.1 Å². The van der Waals surface area contributed by atoms with Crippen molar-refractivity contribution in [3.8, 4) is 11.5 Å². The fraction of sp³-hybridized carbons (Fsp3) is 0.400. The Balaban J connectivity index is 0.00000196. The molecular formula is C15H19ClN8O2. The molecule has 0 atom stereocenters. The van der Waals surface area contributed by atoms with Crippen LogP contribution in [-0.2, 0) is 6.54 Å². The van der Waals surface area contributed by atoms with Gasteiger partial charge in [0.05, 0.1) is 17.3 Å². The third-order valence-electron chi connectivity index (χ3n) is 4.33. The summed E-state index contributed by atoms with van der Waals surface area (Å²) in [6, 6.07) is 0. The van der Waals surface area contributed by atoms with Crippen LogP contribution in [0.25, 0.3) is 22.6 Å². The zero-order valence-corrected chi connectivity index (χ0v) is 15.0. The third kappa shape index (κ3) is 2.86. The van der Waals surface area contributed by atoms with Gasteiger partial charge < -0.3 is 20.5 Å². The standard InChI is InChI=1S/C15H18N8O2.ClH/c1-2-23-12-9(15(24)22-5-3-17-4-6-22)7-18-8-10(12)19-14(23)11-13(16)21-25-20-11;/h7-8,17H,2-6H2,1H3,(H2,16,21);1H. The second-order valence-corrected chi connectivity index (χ2v) is 5.77. The Bertz CT molecular complexity index is 931. The number of fused-ring (bicyclic) bond motifs is 1. The van der Waals surface area contributed by atoms with Gasteiger partial charge in [0.1, 0.15) is 5.52 Å². The van der Waals surface area contributed by atoms with E-state index in [1.807, 2.05) is 16.4 Å². The number of hydrogen-bond acceptors (Lipinski definition) is 8. The Labute approximate surface area is 155 Å². The minimum atomic E-state index is -0.0491. The molecule has 11 heteroatoms. The number of amides is 1. The average molecular weight is 379 g/mol. The van der Waals surface area contributed by atoms with Crippen molar-refractivity contribution < 1.29 is 9.42 Å². The van der Waals surface area contributed by atoms with Gasteiger partial charge in [0, 0.05) is 38.9 Å². The quantitative estimate of drug-likeness (QED) is 0.676. The molecule has 0 unspecified atom stereocenters. The molecule has 4 rings (SSSR count). The second kappa shape index (κ2) is 7.26. The van der Waals surface area contributed by atoms with Crippen molar-refractivity contribution in [2.24, 2.45) is 0 Å². The van der Waals surface area contributed by atoms with Gasteiger partial charge in [-0.05, 0) is 17.2 Å². The summed E-state index contributed by atoms with van der Waals surface area (Å²) in [7, 11) is 0. The smallest absolute Gasteiger partial charge is 0.257 e. The number of carbonyl (C=O) groups is 1. The van der Waals surface area contributed by atoms with Crippen LogP contribution in [0.5, 0.6) is 0 Å². The number of nitrogens with two attached hydrogens (primary N) is 1. The van der Waals surface area contributed by atoms with Crippen LogP contribution in [0.15, 0.2) is 17.0 Å². The highest BCUT2D eigenvalue weighted by atomic mass is 35.5. The number of imidazole rings is 1. The van der Waals surface area contributed by atoms with Crippen molar-refractivity contribution in [3.05, 3.63) is 18.0 Å². The number of pyridine rings is 1. The third-order valence-corrected chi connectivity index (χ3v) is 4.33. The minimum Gasteiger partial charge on any atom is -0.379 e. The van der Waals surface area contributed by atoms with Crippen molar-refractivity contribution in [1.82, 2.24) is 35.1 Å². The van der Waals surface area contributed by atoms with Crippen LogP contribution in [0.1, 0.15) is 17.3 Å². The molecule has 3 aromatic heterocycles. The number of aryl methyl sites for hydroxylation is 1. The van der Waals surface area contributed by atoms with E-state index in [0.717, 1.165) is 18.6 Å². The summed E-state index contributed by atoms with van der Waals surface area (Å²) in [6.45, 7) is 5.46. The molecule has 0 saturated carbocycles. The van der Waals surface area contributed by atoms with Gasteiger partial charge in [-0.15, -0.1) is 12.4 Å². The molecule has 3 aromatic rings. The van der Waals surface area contributed by atoms with E-state index in [4.69, 9.17) is 10.4 Å². The Hall–Kier alpha value is -2.72. The highest BCUT2D eigenvalue weighted by Crippen LogP contribution is 2.28. The Morgan fingerprint density at radius 2 is 2.08 bits per heavy atom. The summed E-state index contributed by atoms with van der Waals surface area (Å²) < 4.78 is 6.58. The summed E-state index contributed by atoms with van der Waals surface area (Å²) in [6.07, 6.45) is 3.22. The summed E-state index contributed by atoms with van der Waals surface area (Å²) in [5, 5.41) is 10.7. The van der Waals surface area contributed by atoms with Crippen molar-refractivity contribution in [3.63, 3.8) is 0 Å². The van der Waals surface area contributed by atoms with E-state index in [0.29, 0.717) is 42.2 Å². The molecule has 0 spiro atoms. The van der Waals surface area contributed by atoms with Crippen LogP contribution in [0.4, 0.5) is 5.82 Å². The Morgan fingerprint density at radius 1 is 1.31 bits per heavy atom. The average Bonchev–Trinajstić information content (AvgIpc) is 3.24. The van der Waals surface area contributed by atoms with Gasteiger partial charge in [0.2, 0.25) is 0 Å². The van der Waals surface area contributed by atoms with Crippen LogP contribution < -0.4 is 11.1 Å². The number of hydrogen-bond donors (Lipinski definition) is 2. The topological polar surface area (TPSA) is 128 Å². The van der Waals surface area contributed by atoms with Gasteiger partial charge in [-0.25, -0.2) is 9.61 Å². The van der Waals surface area contributed by atoms with Crippen LogP contribution >= 0.6 is 12.4 Å². The fourth-order valence-corrected chi connectivity index (χ4v) is 3.12. The van der Waals surface area contributed by atoms with Crippen LogP contribution in [0, 0.1) is 0 Å². The zero-order chi connectivity index (χ0) is 17.4. The molecule has 4 heterocycles. The molecular weight excluding hydrogens is 360 g/mol. The summed E-state index contributed by atoms with van der Waals surface area (Å²) >= 11 is 0. The number of nitrogens with one attached hydrogen (secondary N) is 1. The van der Waals surface area contributed by atoms with E-state index in [2.05, 4.69) is 25.6 Å². The maximum Gasteiger partial charge on any atom is 0.257 e. The number of aromatic nitrogens is 5. The lowest BCUT2D eigenvalue weighted by Gasteiger charge is -2.27. The number of anilines is 1. The van der Waals surface area contributed by atoms with Gasteiger partial charge in [-0.3, -0.25) is 9.78 Å². The number of rotatable bonds is 3. The van der Waals surface area contributed by atoms with Crippen LogP contribution in [0.3, 0.4) is 0 Å². The lowest BCUT2D eigenvalue weighted by Crippen LogP contribution is -2.46. The first-order valence-corrected chi connectivity index (χ1v) is 8.13. The highest BCUT2D eigenvalue weighted by molar-refractivity contribution is 6.05. The van der Waals surface area contributed by atoms with Crippen LogP contribution in [-0.4, -0.2) is 61.8 Å². The predicted octanol–water partition coefficient (Wildman–Crippen LogP) is 0.551. The summed E-state index contributed by atoms with van der Waals surface area (Å²) in [4.78, 5) is 23.6. The number of nitrogens with zero attached hydrogens (tertiary/aromatic N) is 6. The van der Waals surface area contributed by atoms with Crippen LogP contribution in [0.2, 0.25) is 0 Å². The van der Waals surface area contributed by atoms with Crippen molar-refractivity contribution in [2.75, 3.05) is 31.9 Å². The van der Waals surface area contributed by atoms with E-state index in [9.17, 15) is 4.79 Å². The molecule has 0 aliphatic carbocycles. The van der Waals surface area contributed by atoms with E-state index < -0.39 is 0 Å². The highest BCUT2D eigenvalue weighted by Gasteiger charge is 2.25. The molecule has 0 radical (unpaired) electrons. The van der Waals surface area contributed by atoms with Gasteiger partial charge in [0.25, 0.3) is 5.91 Å². The maximum absolute atomic E-state index is 13.0. The fourth-order valence-electron chi connectivity index (χ4n) is 3.12. The largest absolute Gasteiger partial charge is 0.379 e. The van der Waals surface area contributed by atoms with Crippen molar-refractivity contribution in [1.29, 1.82) is 0 Å². The minimum absolute atomic E-state index is 0. The Morgan fingerprint density at radius 3 is 2.73 bits per heavy atom. The molecule has 1 saturated heterocycles. The number of carbonyl (C=O) groups excluding carboxylic acids is 1. The number of halogens is 1. The van der Waals surface area contributed by atoms with Crippen molar-refractivity contribution in [2.45, 2.75) is 13.5 Å². The SMILES string of the molecule is CCn1c(-c2nonc2N)nc2cncc(C(=O)N3CCNCC3)c21.Cl. The van der Waals surface area contributed by atoms with Crippen molar-refractivity contribution >= 4 is 35.2 Å². The first-order chi connectivity index (χ1) is 12.2. The zero-order valence-electron chi connectivity index (χ0n) is 14.2. The molecule has 0 bridgehead atoms. The number of piperazine rings is 1. The lowest BCUT2D eigenvalue weighted by atomic mass is 10.2. The van der Waals surface area contributed by atoms with Gasteiger partial charge >= 0.3 is 0 Å². The summed E-state index contributed by atoms with van der Waals surface area (Å²) in [5.41, 5.74) is 8.03. The lowest BCUT2D eigenvalue weighted by molar-refractivity contribution is 0.0737. The molecule has 1 aliphatic heterocycles. The Kier molecular flexibility index (Phi) is 5.05. The molecule has 3 N–H and O–H groups in total. The molecule has 26 heavy (non-hydrogen) atoms. The molecule has 1 amide bonds. The number of nitrogen functional groups attached to an aromatic ring is 1. The normalized spacial score (nSPS) is 14.4. The first kappa shape index (κ1) is 18.1. The monoisotopic (exact) mass is 378 g/mol. The van der Waals surface area contributed by atoms with E-state index in [1.165, 1.54) is 0 Å². The maximum atomic E-state index is 13.0. The van der Waals surface area contributed by atoms with E-state index in [1.54, 1.807) is 12.4 Å². The molecule has 1 aliphatic rings. The van der Waals surface area contributed by atoms with Gasteiger partial charge in [-0.2, -0.15) is 0 Å². The first-order valence-electron chi connectivity index (χ1n) is 8.13. The molecule has 10 nitrogen and oxygen atoms in total. The van der Waals surface area contributed by atoms with Gasteiger partial charge in [-0.1, -0.05) is 0 Å². The second-order valence-electron chi connectivity index (χ2n) is 5.77. The van der Waals surface area contributed by atoms with Gasteiger partial charge in [0.15, 0.2) is 17.3 Å². The molecule has 1 fully saturated rings. The molecule has 138 valence electrons. The summed E-state index contributed by atoms with van der Waals surface area (Å²) in [5.74, 6) is 0.624. The molecule has 0 aromatic carbocycles. The van der Waals surface area contributed by atoms with E-state index >= 15 is 0 Å². The predicted molar refractivity (Wildman–Crippen MR) is 96.9 cm³/mol.